The Labute approximate surface area is 198 Å². The van der Waals surface area contributed by atoms with Crippen LogP contribution in [0.25, 0.3) is 12.2 Å². The fraction of sp³-hybridized carbons (Fsp3) is 0.522. The molecule has 0 bridgehead atoms. The molecule has 0 fully saturated rings. The summed E-state index contributed by atoms with van der Waals surface area (Å²) in [6.45, 7) is 11.5. The smallest absolute Gasteiger partial charge is 0.419 e. The zero-order chi connectivity index (χ0) is 24.3. The van der Waals surface area contributed by atoms with Crippen LogP contribution in [0.3, 0.4) is 0 Å². The van der Waals surface area contributed by atoms with Gasteiger partial charge in [-0.05, 0) is 55.3 Å². The number of hydrogen-bond acceptors (Lipinski definition) is 7. The van der Waals surface area contributed by atoms with E-state index >= 15 is 0 Å². The summed E-state index contributed by atoms with van der Waals surface area (Å²) in [4.78, 5) is 30.0. The molecule has 0 aromatic carbocycles. The third-order valence-corrected chi connectivity index (χ3v) is 4.76. The second-order valence-corrected chi connectivity index (χ2v) is 8.60. The number of methoxy groups -OCH3 is 2. The number of amides is 2. The van der Waals surface area contributed by atoms with Crippen molar-refractivity contribution in [3.05, 3.63) is 34.6 Å². The van der Waals surface area contributed by atoms with E-state index in [0.29, 0.717) is 29.8 Å². The molecular formula is C23H33BrN2O6. The summed E-state index contributed by atoms with van der Waals surface area (Å²) < 4.78 is 21.7. The molecule has 0 aliphatic rings. The lowest BCUT2D eigenvalue weighted by atomic mass is 10.1. The number of carbonyl (C=O) groups is 2. The lowest BCUT2D eigenvalue weighted by molar-refractivity contribution is 0.0224. The molecule has 1 aromatic rings. The standard InChI is InChI=1S/C23H33BrN2O6/c1-8-16-15-19(20(24)25-18(16)11-10-14-29-6)31-17(9-2)12-13-26(21(27)30-7)22(28)32-23(3,4)5/h8,10-11,15,17H,1,9,12-14H2,2-7H3/b11-10-/t17-/m1/s1. The maximum atomic E-state index is 12.4. The van der Waals surface area contributed by atoms with Crippen LogP contribution in [0.5, 0.6) is 5.75 Å². The zero-order valence-electron chi connectivity index (χ0n) is 19.6. The largest absolute Gasteiger partial charge is 0.488 e. The third kappa shape index (κ3) is 9.00. The summed E-state index contributed by atoms with van der Waals surface area (Å²) in [6, 6.07) is 1.84. The van der Waals surface area contributed by atoms with E-state index in [1.54, 1.807) is 34.0 Å². The number of carbonyl (C=O) groups excluding carboxylic acids is 2. The molecule has 0 N–H and O–H groups in total. The van der Waals surface area contributed by atoms with Gasteiger partial charge in [0, 0.05) is 25.6 Å². The lowest BCUT2D eigenvalue weighted by Crippen LogP contribution is -2.42. The number of imide groups is 1. The summed E-state index contributed by atoms with van der Waals surface area (Å²) in [5.41, 5.74) is 0.794. The molecule has 0 spiro atoms. The van der Waals surface area contributed by atoms with Crippen molar-refractivity contribution in [3.8, 4) is 5.75 Å². The maximum Gasteiger partial charge on any atom is 0.419 e. The normalized spacial score (nSPS) is 12.3. The van der Waals surface area contributed by atoms with Crippen LogP contribution in [-0.2, 0) is 14.2 Å². The summed E-state index contributed by atoms with van der Waals surface area (Å²) in [7, 11) is 2.84. The molecule has 9 heteroatoms. The molecule has 0 saturated heterocycles. The van der Waals surface area contributed by atoms with Crippen LogP contribution in [0.4, 0.5) is 9.59 Å². The van der Waals surface area contributed by atoms with Gasteiger partial charge in [-0.1, -0.05) is 25.7 Å². The average molecular weight is 513 g/mol. The molecule has 0 aliphatic heterocycles. The van der Waals surface area contributed by atoms with Crippen molar-refractivity contribution >= 4 is 40.3 Å². The van der Waals surface area contributed by atoms with E-state index in [1.165, 1.54) is 7.11 Å². The Morgan fingerprint density at radius 3 is 2.50 bits per heavy atom. The monoisotopic (exact) mass is 512 g/mol. The van der Waals surface area contributed by atoms with E-state index in [-0.39, 0.29) is 12.6 Å². The number of halogens is 1. The van der Waals surface area contributed by atoms with Crippen LogP contribution in [0, 0.1) is 0 Å². The number of hydrogen-bond donors (Lipinski definition) is 0. The Bertz CT molecular complexity index is 819. The first-order valence-corrected chi connectivity index (χ1v) is 11.1. The molecular weight excluding hydrogens is 480 g/mol. The zero-order valence-corrected chi connectivity index (χ0v) is 21.2. The number of ether oxygens (including phenoxy) is 4. The van der Waals surface area contributed by atoms with Crippen molar-refractivity contribution in [2.24, 2.45) is 0 Å². The van der Waals surface area contributed by atoms with E-state index in [1.807, 2.05) is 25.1 Å². The Balaban J connectivity index is 2.97. The molecule has 0 aliphatic carbocycles. The molecule has 1 aromatic heterocycles. The van der Waals surface area contributed by atoms with Gasteiger partial charge in [0.15, 0.2) is 5.75 Å². The van der Waals surface area contributed by atoms with Crippen molar-refractivity contribution in [1.82, 2.24) is 9.88 Å². The first-order chi connectivity index (χ1) is 15.1. The van der Waals surface area contributed by atoms with Gasteiger partial charge in [0.25, 0.3) is 0 Å². The first-order valence-electron chi connectivity index (χ1n) is 10.3. The highest BCUT2D eigenvalue weighted by molar-refractivity contribution is 9.10. The molecule has 0 saturated carbocycles. The number of nitrogens with zero attached hydrogens (tertiary/aromatic N) is 2. The number of aromatic nitrogens is 1. The minimum Gasteiger partial charge on any atom is -0.488 e. The minimum absolute atomic E-state index is 0.0807. The Morgan fingerprint density at radius 2 is 1.97 bits per heavy atom. The van der Waals surface area contributed by atoms with Gasteiger partial charge in [0.1, 0.15) is 16.3 Å². The van der Waals surface area contributed by atoms with Gasteiger partial charge in [-0.2, -0.15) is 0 Å². The number of pyridine rings is 1. The van der Waals surface area contributed by atoms with Crippen LogP contribution in [-0.4, -0.2) is 61.1 Å². The molecule has 0 radical (unpaired) electrons. The van der Waals surface area contributed by atoms with E-state index in [2.05, 4.69) is 27.5 Å². The van der Waals surface area contributed by atoms with E-state index < -0.39 is 17.8 Å². The van der Waals surface area contributed by atoms with Crippen LogP contribution >= 0.6 is 15.9 Å². The van der Waals surface area contributed by atoms with E-state index in [0.717, 1.165) is 16.2 Å². The lowest BCUT2D eigenvalue weighted by Gasteiger charge is -2.26. The highest BCUT2D eigenvalue weighted by atomic mass is 79.9. The average Bonchev–Trinajstić information content (AvgIpc) is 2.72. The predicted molar refractivity (Wildman–Crippen MR) is 128 cm³/mol. The van der Waals surface area contributed by atoms with Crippen LogP contribution in [0.1, 0.15) is 51.8 Å². The molecule has 0 unspecified atom stereocenters. The van der Waals surface area contributed by atoms with Crippen LogP contribution in [0.2, 0.25) is 0 Å². The maximum absolute atomic E-state index is 12.4. The SMILES string of the molecule is C=Cc1cc(O[C@H](CC)CCN(C(=O)OC)C(=O)OC(C)(C)C)c(Br)nc1/C=C\COC. The third-order valence-electron chi connectivity index (χ3n) is 4.20. The molecule has 1 heterocycles. The Kier molecular flexibility index (Phi) is 11.4. The molecule has 1 atom stereocenters. The Morgan fingerprint density at radius 1 is 1.28 bits per heavy atom. The van der Waals surface area contributed by atoms with Gasteiger partial charge in [-0.3, -0.25) is 0 Å². The second kappa shape index (κ2) is 13.2. The fourth-order valence-corrected chi connectivity index (χ4v) is 3.02. The highest BCUT2D eigenvalue weighted by Gasteiger charge is 2.28. The predicted octanol–water partition coefficient (Wildman–Crippen LogP) is 5.70. The van der Waals surface area contributed by atoms with Gasteiger partial charge in [0.05, 0.1) is 19.4 Å². The van der Waals surface area contributed by atoms with Crippen molar-refractivity contribution in [2.45, 2.75) is 52.2 Å². The summed E-state index contributed by atoms with van der Waals surface area (Å²) >= 11 is 3.45. The summed E-state index contributed by atoms with van der Waals surface area (Å²) in [6.07, 6.45) is 4.61. The summed E-state index contributed by atoms with van der Waals surface area (Å²) in [5, 5.41) is 0. The van der Waals surface area contributed by atoms with Crippen molar-refractivity contribution in [2.75, 3.05) is 27.4 Å². The van der Waals surface area contributed by atoms with Crippen molar-refractivity contribution in [1.29, 1.82) is 0 Å². The Hall–Kier alpha value is -2.39. The van der Waals surface area contributed by atoms with Gasteiger partial charge >= 0.3 is 12.2 Å². The van der Waals surface area contributed by atoms with Gasteiger partial charge in [0.2, 0.25) is 0 Å². The van der Waals surface area contributed by atoms with Crippen LogP contribution in [0.15, 0.2) is 23.3 Å². The summed E-state index contributed by atoms with van der Waals surface area (Å²) in [5.74, 6) is 0.539. The number of rotatable bonds is 10. The minimum atomic E-state index is -0.780. The molecule has 1 rings (SSSR count). The first kappa shape index (κ1) is 27.6. The molecule has 178 valence electrons. The van der Waals surface area contributed by atoms with Gasteiger partial charge in [-0.25, -0.2) is 19.5 Å². The van der Waals surface area contributed by atoms with Crippen molar-refractivity contribution < 1.29 is 28.5 Å². The fourth-order valence-electron chi connectivity index (χ4n) is 2.62. The molecule has 2 amide bonds. The molecule has 8 nitrogen and oxygen atoms in total. The van der Waals surface area contributed by atoms with Crippen molar-refractivity contribution in [3.63, 3.8) is 0 Å². The topological polar surface area (TPSA) is 87.2 Å². The van der Waals surface area contributed by atoms with E-state index in [9.17, 15) is 9.59 Å². The van der Waals surface area contributed by atoms with Gasteiger partial charge < -0.3 is 18.9 Å². The molecule has 32 heavy (non-hydrogen) atoms. The van der Waals surface area contributed by atoms with Crippen LogP contribution < -0.4 is 4.74 Å². The van der Waals surface area contributed by atoms with Gasteiger partial charge in [-0.15, -0.1) is 0 Å². The quantitative estimate of drug-likeness (QED) is 0.371. The highest BCUT2D eigenvalue weighted by Crippen LogP contribution is 2.29. The van der Waals surface area contributed by atoms with E-state index in [4.69, 9.17) is 18.9 Å². The second-order valence-electron chi connectivity index (χ2n) is 7.85.